The number of carbonyl (C=O) groups is 2. The number of carbonyl (C=O) groups excluding carboxylic acids is 2. The Balaban J connectivity index is 1.87. The Morgan fingerprint density at radius 2 is 1.93 bits per heavy atom. The summed E-state index contributed by atoms with van der Waals surface area (Å²) >= 11 is 0. The number of nitrogens with one attached hydrogen (secondary N) is 1. The molecule has 1 fully saturated rings. The van der Waals surface area contributed by atoms with Crippen molar-refractivity contribution in [3.05, 3.63) is 30.0 Å². The number of nitrogens with zero attached hydrogens (tertiary/aromatic N) is 2. The van der Waals surface area contributed by atoms with E-state index in [0.717, 1.165) is 31.2 Å². The third kappa shape index (κ3) is 4.59. The summed E-state index contributed by atoms with van der Waals surface area (Å²) in [5, 5.41) is 27.2. The van der Waals surface area contributed by atoms with Crippen molar-refractivity contribution in [1.29, 1.82) is 0 Å². The Morgan fingerprint density at radius 1 is 1.28 bits per heavy atom. The molecule has 0 unspecified atom stereocenters. The Hall–Kier alpha value is -2.45. The predicted octanol–water partition coefficient (Wildman–Crippen LogP) is 1.19. The van der Waals surface area contributed by atoms with Crippen molar-refractivity contribution in [2.45, 2.75) is 58.2 Å². The van der Waals surface area contributed by atoms with Crippen LogP contribution in [0.3, 0.4) is 0 Å². The molecule has 0 saturated heterocycles. The number of aromatic nitrogens is 2. The summed E-state index contributed by atoms with van der Waals surface area (Å²) in [5.74, 6) is -0.810. The highest BCUT2D eigenvalue weighted by molar-refractivity contribution is 6.06. The zero-order valence-corrected chi connectivity index (χ0v) is 17.0. The van der Waals surface area contributed by atoms with E-state index < -0.39 is 23.3 Å². The second-order valence-corrected chi connectivity index (χ2v) is 8.68. The fourth-order valence-electron chi connectivity index (χ4n) is 3.95. The molecule has 0 radical (unpaired) electrons. The molecule has 29 heavy (non-hydrogen) atoms. The zero-order valence-electron chi connectivity index (χ0n) is 17.0. The van der Waals surface area contributed by atoms with Crippen molar-refractivity contribution in [3.63, 3.8) is 0 Å². The molecule has 0 bridgehead atoms. The number of primary amides is 1. The van der Waals surface area contributed by atoms with Crippen LogP contribution in [0.4, 0.5) is 0 Å². The van der Waals surface area contributed by atoms with Gasteiger partial charge in [0.2, 0.25) is 5.91 Å². The summed E-state index contributed by atoms with van der Waals surface area (Å²) in [4.78, 5) is 24.9. The minimum atomic E-state index is -1.02. The quantitative estimate of drug-likeness (QED) is 0.553. The van der Waals surface area contributed by atoms with Crippen LogP contribution in [-0.4, -0.2) is 50.6 Å². The first-order chi connectivity index (χ1) is 13.7. The van der Waals surface area contributed by atoms with E-state index in [1.54, 1.807) is 13.8 Å². The molecule has 1 atom stereocenters. The smallest absolute Gasteiger partial charge is 0.273 e. The third-order valence-corrected chi connectivity index (χ3v) is 5.87. The highest BCUT2D eigenvalue weighted by Gasteiger charge is 2.35. The van der Waals surface area contributed by atoms with Crippen LogP contribution in [-0.2, 0) is 11.3 Å². The molecule has 2 aromatic rings. The maximum Gasteiger partial charge on any atom is 0.273 e. The molecule has 2 amide bonds. The third-order valence-electron chi connectivity index (χ3n) is 5.87. The van der Waals surface area contributed by atoms with E-state index in [2.05, 4.69) is 10.4 Å². The molecule has 0 aliphatic heterocycles. The highest BCUT2D eigenvalue weighted by atomic mass is 16.3. The summed E-state index contributed by atoms with van der Waals surface area (Å²) in [6.45, 7) is 3.69. The van der Waals surface area contributed by atoms with Gasteiger partial charge in [-0.2, -0.15) is 5.10 Å². The number of hydrogen-bond acceptors (Lipinski definition) is 5. The predicted molar refractivity (Wildman–Crippen MR) is 109 cm³/mol. The number of nitrogens with two attached hydrogens (primary N) is 1. The van der Waals surface area contributed by atoms with Crippen LogP contribution in [0, 0.1) is 11.3 Å². The van der Waals surface area contributed by atoms with Crippen molar-refractivity contribution in [1.82, 2.24) is 15.1 Å². The fraction of sp³-hybridized carbons (Fsp3) is 0.571. The van der Waals surface area contributed by atoms with Crippen LogP contribution in [0.2, 0.25) is 0 Å². The molecular formula is C21H30N4O4. The SMILES string of the molecule is CC(C)(CO)[C@@H](NC(=O)c1nn(CC2CCC(O)CC2)c2ccccc12)C(N)=O. The standard InChI is InChI=1S/C21H30N4O4/c1-21(2,12-26)18(19(22)28)23-20(29)17-15-5-3-4-6-16(15)25(24-17)11-13-7-9-14(27)10-8-13/h3-6,13-14,18,26-27H,7-12H2,1-2H3,(H2,22,28)(H,23,29)/t13?,14?,18-/m0/s1. The van der Waals surface area contributed by atoms with Crippen LogP contribution in [0.15, 0.2) is 24.3 Å². The lowest BCUT2D eigenvalue weighted by Crippen LogP contribution is -2.54. The first-order valence-corrected chi connectivity index (χ1v) is 10.1. The first-order valence-electron chi connectivity index (χ1n) is 10.1. The maximum absolute atomic E-state index is 13.0. The number of aliphatic hydroxyl groups excluding tert-OH is 2. The van der Waals surface area contributed by atoms with Gasteiger partial charge in [-0.15, -0.1) is 0 Å². The zero-order chi connectivity index (χ0) is 21.2. The fourth-order valence-corrected chi connectivity index (χ4v) is 3.95. The van der Waals surface area contributed by atoms with Gasteiger partial charge in [-0.3, -0.25) is 14.3 Å². The first kappa shape index (κ1) is 21.3. The normalized spacial score (nSPS) is 21.1. The molecule has 0 spiro atoms. The molecule has 1 aliphatic rings. The number of hydrogen-bond donors (Lipinski definition) is 4. The number of aliphatic hydroxyl groups is 2. The van der Waals surface area contributed by atoms with E-state index in [9.17, 15) is 19.8 Å². The average Bonchev–Trinajstić information content (AvgIpc) is 3.06. The van der Waals surface area contributed by atoms with Crippen molar-refractivity contribution in [3.8, 4) is 0 Å². The van der Waals surface area contributed by atoms with Gasteiger partial charge >= 0.3 is 0 Å². The van der Waals surface area contributed by atoms with Crippen molar-refractivity contribution in [2.75, 3.05) is 6.61 Å². The minimum absolute atomic E-state index is 0.220. The van der Waals surface area contributed by atoms with Gasteiger partial charge in [0, 0.05) is 17.3 Å². The van der Waals surface area contributed by atoms with E-state index in [-0.39, 0.29) is 18.4 Å². The number of rotatable bonds is 7. The lowest BCUT2D eigenvalue weighted by Gasteiger charge is -2.30. The minimum Gasteiger partial charge on any atom is -0.396 e. The Labute approximate surface area is 170 Å². The lowest BCUT2D eigenvalue weighted by molar-refractivity contribution is -0.123. The Morgan fingerprint density at radius 3 is 2.55 bits per heavy atom. The second kappa shape index (κ2) is 8.51. The van der Waals surface area contributed by atoms with E-state index in [0.29, 0.717) is 17.8 Å². The van der Waals surface area contributed by atoms with E-state index in [4.69, 9.17) is 5.73 Å². The molecule has 1 aliphatic carbocycles. The summed E-state index contributed by atoms with van der Waals surface area (Å²) in [6, 6.07) is 6.46. The lowest BCUT2D eigenvalue weighted by atomic mass is 9.84. The summed E-state index contributed by atoms with van der Waals surface area (Å²) in [5.41, 5.74) is 5.65. The van der Waals surface area contributed by atoms with E-state index >= 15 is 0 Å². The molecule has 8 nitrogen and oxygen atoms in total. The topological polar surface area (TPSA) is 130 Å². The van der Waals surface area contributed by atoms with Gasteiger partial charge in [0.05, 0.1) is 18.2 Å². The molecule has 1 aromatic carbocycles. The van der Waals surface area contributed by atoms with Crippen LogP contribution in [0.1, 0.15) is 50.0 Å². The van der Waals surface area contributed by atoms with Crippen LogP contribution in [0.5, 0.6) is 0 Å². The molecule has 3 rings (SSSR count). The monoisotopic (exact) mass is 402 g/mol. The molecule has 8 heteroatoms. The molecular weight excluding hydrogens is 372 g/mol. The van der Waals surface area contributed by atoms with Gasteiger partial charge in [-0.1, -0.05) is 32.0 Å². The molecule has 1 saturated carbocycles. The number of amides is 2. The number of para-hydroxylation sites is 1. The highest BCUT2D eigenvalue weighted by Crippen LogP contribution is 2.28. The number of benzene rings is 1. The average molecular weight is 402 g/mol. The van der Waals surface area contributed by atoms with Crippen molar-refractivity contribution < 1.29 is 19.8 Å². The van der Waals surface area contributed by atoms with Crippen molar-refractivity contribution >= 4 is 22.7 Å². The largest absolute Gasteiger partial charge is 0.396 e. The summed E-state index contributed by atoms with van der Waals surface area (Å²) in [6.07, 6.45) is 3.19. The van der Waals surface area contributed by atoms with Gasteiger partial charge in [0.15, 0.2) is 5.69 Å². The van der Waals surface area contributed by atoms with E-state index in [1.807, 2.05) is 28.9 Å². The summed E-state index contributed by atoms with van der Waals surface area (Å²) in [7, 11) is 0. The van der Waals surface area contributed by atoms with E-state index in [1.165, 1.54) is 0 Å². The molecule has 1 aromatic heterocycles. The Kier molecular flexibility index (Phi) is 6.24. The second-order valence-electron chi connectivity index (χ2n) is 8.68. The van der Waals surface area contributed by atoms with Crippen LogP contribution in [0.25, 0.3) is 10.9 Å². The maximum atomic E-state index is 13.0. The van der Waals surface area contributed by atoms with Crippen LogP contribution >= 0.6 is 0 Å². The molecule has 1 heterocycles. The number of fused-ring (bicyclic) bond motifs is 1. The molecule has 5 N–H and O–H groups in total. The van der Waals surface area contributed by atoms with Gasteiger partial charge < -0.3 is 21.3 Å². The van der Waals surface area contributed by atoms with Crippen molar-refractivity contribution in [2.24, 2.45) is 17.1 Å². The van der Waals surface area contributed by atoms with Gasteiger partial charge in [0.25, 0.3) is 5.91 Å². The summed E-state index contributed by atoms with van der Waals surface area (Å²) < 4.78 is 1.84. The van der Waals surface area contributed by atoms with Gasteiger partial charge in [-0.25, -0.2) is 0 Å². The van der Waals surface area contributed by atoms with Gasteiger partial charge in [0.1, 0.15) is 6.04 Å². The van der Waals surface area contributed by atoms with Crippen LogP contribution < -0.4 is 11.1 Å². The Bertz CT molecular complexity index is 884. The molecule has 158 valence electrons. The van der Waals surface area contributed by atoms with Gasteiger partial charge in [-0.05, 0) is 37.7 Å².